The van der Waals surface area contributed by atoms with Crippen molar-refractivity contribution in [1.82, 2.24) is 4.57 Å². The molecule has 1 atom stereocenters. The van der Waals surface area contributed by atoms with Crippen molar-refractivity contribution in [3.63, 3.8) is 0 Å². The van der Waals surface area contributed by atoms with Gasteiger partial charge in [-0.2, -0.15) is 0 Å². The van der Waals surface area contributed by atoms with Gasteiger partial charge >= 0.3 is 5.97 Å². The topological polar surface area (TPSA) is 69.9 Å². The summed E-state index contributed by atoms with van der Waals surface area (Å²) in [6, 6.07) is 21.3. The van der Waals surface area contributed by atoms with Crippen LogP contribution in [0.1, 0.15) is 36.6 Å². The van der Waals surface area contributed by atoms with E-state index >= 15 is 0 Å². The fraction of sp³-hybridized carbons (Fsp3) is 0.167. The van der Waals surface area contributed by atoms with Gasteiger partial charge in [-0.15, -0.1) is 0 Å². The van der Waals surface area contributed by atoms with Gasteiger partial charge in [0.1, 0.15) is 18.4 Å². The SMILES string of the molecule is CCOC(=O)C1=C(C)N=c2sc(=Cc3ccccc3OCc3ccccc3Cl)c(=O)n2C1c1ccccc1Cl. The number of fused-ring (bicyclic) bond motifs is 1. The summed E-state index contributed by atoms with van der Waals surface area (Å²) < 4.78 is 13.4. The van der Waals surface area contributed by atoms with Crippen molar-refractivity contribution in [3.8, 4) is 5.75 Å². The normalized spacial score (nSPS) is 15.1. The Kier molecular flexibility index (Phi) is 8.02. The highest BCUT2D eigenvalue weighted by atomic mass is 35.5. The highest BCUT2D eigenvalue weighted by Gasteiger charge is 2.34. The molecule has 1 aliphatic heterocycles. The van der Waals surface area contributed by atoms with Crippen LogP contribution in [-0.4, -0.2) is 17.1 Å². The summed E-state index contributed by atoms with van der Waals surface area (Å²) in [5.74, 6) is 0.0746. The summed E-state index contributed by atoms with van der Waals surface area (Å²) in [6.45, 7) is 3.95. The zero-order valence-corrected chi connectivity index (χ0v) is 23.5. The number of esters is 1. The van der Waals surface area contributed by atoms with E-state index < -0.39 is 12.0 Å². The minimum Gasteiger partial charge on any atom is -0.488 e. The van der Waals surface area contributed by atoms with E-state index in [2.05, 4.69) is 4.99 Å². The molecule has 0 spiro atoms. The van der Waals surface area contributed by atoms with Crippen molar-refractivity contribution in [2.45, 2.75) is 26.5 Å². The van der Waals surface area contributed by atoms with Crippen LogP contribution in [0.15, 0.2) is 93.9 Å². The van der Waals surface area contributed by atoms with E-state index in [4.69, 9.17) is 32.7 Å². The van der Waals surface area contributed by atoms with Crippen LogP contribution in [0, 0.1) is 0 Å². The van der Waals surface area contributed by atoms with E-state index in [1.165, 1.54) is 15.9 Å². The molecule has 3 aromatic carbocycles. The molecule has 6 nitrogen and oxygen atoms in total. The molecule has 0 bridgehead atoms. The number of para-hydroxylation sites is 1. The van der Waals surface area contributed by atoms with Crippen molar-refractivity contribution in [2.75, 3.05) is 6.61 Å². The molecule has 4 aromatic rings. The maximum absolute atomic E-state index is 13.9. The molecule has 0 fully saturated rings. The minimum atomic E-state index is -0.775. The first-order chi connectivity index (χ1) is 18.9. The van der Waals surface area contributed by atoms with Gasteiger partial charge in [0, 0.05) is 21.2 Å². The number of ether oxygens (including phenoxy) is 2. The number of nitrogens with zero attached hydrogens (tertiary/aromatic N) is 2. The summed E-state index contributed by atoms with van der Waals surface area (Å²) in [6.07, 6.45) is 1.78. The largest absolute Gasteiger partial charge is 0.488 e. The zero-order chi connectivity index (χ0) is 27.5. The van der Waals surface area contributed by atoms with E-state index in [9.17, 15) is 9.59 Å². The van der Waals surface area contributed by atoms with Crippen LogP contribution in [0.4, 0.5) is 0 Å². The molecule has 0 saturated heterocycles. The number of halogens is 2. The van der Waals surface area contributed by atoms with Gasteiger partial charge in [0.15, 0.2) is 4.80 Å². The first-order valence-electron chi connectivity index (χ1n) is 12.3. The Morgan fingerprint density at radius 2 is 1.72 bits per heavy atom. The third-order valence-electron chi connectivity index (χ3n) is 6.26. The lowest BCUT2D eigenvalue weighted by molar-refractivity contribution is -0.139. The number of thiazole rings is 1. The minimum absolute atomic E-state index is 0.195. The zero-order valence-electron chi connectivity index (χ0n) is 21.2. The molecular formula is C30H24Cl2N2O4S. The molecule has 1 aromatic heterocycles. The average molecular weight is 580 g/mol. The maximum atomic E-state index is 13.9. The van der Waals surface area contributed by atoms with Crippen LogP contribution in [0.25, 0.3) is 6.08 Å². The Morgan fingerprint density at radius 1 is 1.03 bits per heavy atom. The van der Waals surface area contributed by atoms with Crippen LogP contribution >= 0.6 is 34.5 Å². The molecule has 5 rings (SSSR count). The van der Waals surface area contributed by atoms with Gasteiger partial charge in [-0.05, 0) is 43.7 Å². The molecule has 1 aliphatic rings. The molecule has 0 amide bonds. The number of allylic oxidation sites excluding steroid dienone is 1. The molecule has 1 unspecified atom stereocenters. The molecule has 0 aliphatic carbocycles. The lowest BCUT2D eigenvalue weighted by Gasteiger charge is -2.25. The predicted octanol–water partition coefficient (Wildman–Crippen LogP) is 5.68. The maximum Gasteiger partial charge on any atom is 0.338 e. The molecular weight excluding hydrogens is 555 g/mol. The van der Waals surface area contributed by atoms with Crippen LogP contribution in [-0.2, 0) is 16.1 Å². The molecule has 2 heterocycles. The summed E-state index contributed by atoms with van der Waals surface area (Å²) >= 11 is 14.1. The standard InChI is InChI=1S/C30H24Cl2N2O4S/c1-3-37-29(36)26-18(2)33-30-34(27(26)21-12-6-8-14-23(21)32)28(35)25(39-30)16-19-10-5-9-15-24(19)38-17-20-11-4-7-13-22(20)31/h4-16,27H,3,17H2,1-2H3. The van der Waals surface area contributed by atoms with Gasteiger partial charge in [-0.1, -0.05) is 89.1 Å². The second-order valence-corrected chi connectivity index (χ2v) is 10.6. The molecule has 198 valence electrons. The van der Waals surface area contributed by atoms with Gasteiger partial charge in [0.05, 0.1) is 22.4 Å². The van der Waals surface area contributed by atoms with Crippen molar-refractivity contribution in [3.05, 3.63) is 130 Å². The van der Waals surface area contributed by atoms with E-state index in [-0.39, 0.29) is 24.3 Å². The number of benzene rings is 3. The smallest absolute Gasteiger partial charge is 0.338 e. The number of rotatable bonds is 7. The van der Waals surface area contributed by atoms with Gasteiger partial charge < -0.3 is 9.47 Å². The van der Waals surface area contributed by atoms with Crippen LogP contribution in [0.5, 0.6) is 5.75 Å². The van der Waals surface area contributed by atoms with Crippen molar-refractivity contribution >= 4 is 46.6 Å². The van der Waals surface area contributed by atoms with E-state index in [1.54, 1.807) is 38.1 Å². The lowest BCUT2D eigenvalue weighted by Crippen LogP contribution is -2.40. The summed E-state index contributed by atoms with van der Waals surface area (Å²) in [4.78, 5) is 32.0. The van der Waals surface area contributed by atoms with Crippen LogP contribution < -0.4 is 19.6 Å². The second kappa shape index (κ2) is 11.6. The Morgan fingerprint density at radius 3 is 2.46 bits per heavy atom. The average Bonchev–Trinajstić information content (AvgIpc) is 3.22. The van der Waals surface area contributed by atoms with Crippen molar-refractivity contribution in [2.24, 2.45) is 4.99 Å². The van der Waals surface area contributed by atoms with Gasteiger partial charge in [-0.25, -0.2) is 9.79 Å². The van der Waals surface area contributed by atoms with E-state index in [1.807, 2.05) is 54.6 Å². The van der Waals surface area contributed by atoms with Gasteiger partial charge in [-0.3, -0.25) is 9.36 Å². The Labute approximate surface area is 239 Å². The number of hydrogen-bond acceptors (Lipinski definition) is 6. The second-order valence-electron chi connectivity index (χ2n) is 8.74. The Balaban J connectivity index is 1.62. The molecule has 0 N–H and O–H groups in total. The third-order valence-corrected chi connectivity index (χ3v) is 7.96. The fourth-order valence-corrected chi connectivity index (χ4v) is 5.89. The molecule has 9 heteroatoms. The van der Waals surface area contributed by atoms with Crippen LogP contribution in [0.2, 0.25) is 10.0 Å². The molecule has 39 heavy (non-hydrogen) atoms. The number of hydrogen-bond donors (Lipinski definition) is 0. The predicted molar refractivity (Wildman–Crippen MR) is 154 cm³/mol. The molecule has 0 radical (unpaired) electrons. The first kappa shape index (κ1) is 26.9. The van der Waals surface area contributed by atoms with Gasteiger partial charge in [0.2, 0.25) is 0 Å². The van der Waals surface area contributed by atoms with E-state index in [0.29, 0.717) is 36.4 Å². The number of carbonyl (C=O) groups is 1. The lowest BCUT2D eigenvalue weighted by atomic mass is 9.96. The Bertz CT molecular complexity index is 1770. The number of aromatic nitrogens is 1. The summed E-state index contributed by atoms with van der Waals surface area (Å²) in [5, 5.41) is 1.06. The highest BCUT2D eigenvalue weighted by molar-refractivity contribution is 7.07. The Hall–Kier alpha value is -3.65. The summed E-state index contributed by atoms with van der Waals surface area (Å²) in [7, 11) is 0. The highest BCUT2D eigenvalue weighted by Crippen LogP contribution is 2.34. The summed E-state index contributed by atoms with van der Waals surface area (Å²) in [5.41, 5.74) is 2.68. The molecule has 0 saturated carbocycles. The van der Waals surface area contributed by atoms with Crippen molar-refractivity contribution < 1.29 is 14.3 Å². The quantitative estimate of drug-likeness (QED) is 0.264. The van der Waals surface area contributed by atoms with Crippen LogP contribution in [0.3, 0.4) is 0 Å². The first-order valence-corrected chi connectivity index (χ1v) is 13.9. The number of carbonyl (C=O) groups excluding carboxylic acids is 1. The van der Waals surface area contributed by atoms with E-state index in [0.717, 1.165) is 11.1 Å². The fourth-order valence-electron chi connectivity index (χ4n) is 4.43. The van der Waals surface area contributed by atoms with Crippen molar-refractivity contribution in [1.29, 1.82) is 0 Å². The monoisotopic (exact) mass is 578 g/mol. The van der Waals surface area contributed by atoms with Gasteiger partial charge in [0.25, 0.3) is 5.56 Å². The third kappa shape index (κ3) is 5.43.